The van der Waals surface area contributed by atoms with Gasteiger partial charge in [0.1, 0.15) is 4.91 Å². The molecule has 0 radical (unpaired) electrons. The van der Waals surface area contributed by atoms with Crippen LogP contribution in [0.3, 0.4) is 0 Å². The molecule has 0 aliphatic carbocycles. The number of amides is 1. The number of likely N-dealkylation sites (N-methyl/N-ethyl adjacent to an activating group) is 1. The van der Waals surface area contributed by atoms with Gasteiger partial charge in [-0.05, 0) is 54.9 Å². The van der Waals surface area contributed by atoms with Gasteiger partial charge in [0.2, 0.25) is 0 Å². The van der Waals surface area contributed by atoms with Gasteiger partial charge in [-0.15, -0.1) is 0 Å². The first-order valence-corrected chi connectivity index (χ1v) is 14.4. The van der Waals surface area contributed by atoms with Crippen molar-refractivity contribution in [3.05, 3.63) is 116 Å². The van der Waals surface area contributed by atoms with Crippen molar-refractivity contribution in [2.24, 2.45) is 4.99 Å². The Hall–Kier alpha value is -3.93. The molecule has 1 N–H and O–H groups in total. The molecule has 196 valence electrons. The van der Waals surface area contributed by atoms with Crippen molar-refractivity contribution in [3.63, 3.8) is 0 Å². The lowest BCUT2D eigenvalue weighted by Crippen LogP contribution is -2.29. The number of rotatable bonds is 7. The summed E-state index contributed by atoms with van der Waals surface area (Å²) in [4.78, 5) is 24.7. The second-order valence-corrected chi connectivity index (χ2v) is 11.4. The van der Waals surface area contributed by atoms with Gasteiger partial charge < -0.3 is 10.2 Å². The molecule has 1 saturated heterocycles. The number of hydrogen-bond acceptors (Lipinski definition) is 7. The molecule has 1 amide bonds. The number of allylic oxidation sites excluding steroid dienone is 2. The number of amidine groups is 1. The third-order valence-corrected chi connectivity index (χ3v) is 8.94. The highest BCUT2D eigenvalue weighted by Crippen LogP contribution is 2.48. The molecule has 8 heteroatoms. The number of nitrogens with zero attached hydrogens (tertiary/aromatic N) is 4. The van der Waals surface area contributed by atoms with Gasteiger partial charge in [0.15, 0.2) is 5.17 Å². The third-order valence-electron chi connectivity index (χ3n) is 6.53. The molecule has 0 saturated carbocycles. The predicted molar refractivity (Wildman–Crippen MR) is 162 cm³/mol. The summed E-state index contributed by atoms with van der Waals surface area (Å²) >= 11 is 3.04. The Balaban J connectivity index is 1.54. The number of aliphatic imine (C=N–C) groups is 1. The van der Waals surface area contributed by atoms with E-state index >= 15 is 0 Å². The van der Waals surface area contributed by atoms with Crippen molar-refractivity contribution in [1.82, 2.24) is 9.80 Å². The molecule has 6 nitrogen and oxygen atoms in total. The summed E-state index contributed by atoms with van der Waals surface area (Å²) in [7, 11) is 2.04. The van der Waals surface area contributed by atoms with Gasteiger partial charge in [-0.2, -0.15) is 5.26 Å². The van der Waals surface area contributed by atoms with Crippen LogP contribution in [0.25, 0.3) is 0 Å². The number of thioether (sulfide) groups is 2. The Morgan fingerprint density at radius 3 is 2.33 bits per heavy atom. The van der Waals surface area contributed by atoms with Crippen molar-refractivity contribution >= 4 is 46.0 Å². The molecule has 0 spiro atoms. The van der Waals surface area contributed by atoms with Crippen LogP contribution >= 0.6 is 23.5 Å². The molecule has 0 aromatic heterocycles. The number of nitrogens with one attached hydrogen (secondary N) is 1. The average molecular weight is 552 g/mol. The minimum absolute atomic E-state index is 0.0628. The molecule has 0 bridgehead atoms. The lowest BCUT2D eigenvalue weighted by Gasteiger charge is -2.19. The Kier molecular flexibility index (Phi) is 8.10. The van der Waals surface area contributed by atoms with Crippen molar-refractivity contribution in [3.8, 4) is 6.07 Å². The molecule has 3 aromatic rings. The van der Waals surface area contributed by atoms with Gasteiger partial charge >= 0.3 is 0 Å². The number of carbonyl (C=O) groups is 1. The van der Waals surface area contributed by atoms with Crippen LogP contribution in [-0.4, -0.2) is 34.5 Å². The summed E-state index contributed by atoms with van der Waals surface area (Å²) in [5.41, 5.74) is 5.44. The van der Waals surface area contributed by atoms with Crippen LogP contribution in [0.15, 0.2) is 104 Å². The van der Waals surface area contributed by atoms with E-state index in [2.05, 4.69) is 47.5 Å². The van der Waals surface area contributed by atoms with Gasteiger partial charge in [-0.1, -0.05) is 72.4 Å². The SMILES string of the molecule is CCNc1ccc(C#N)cc1N=C1S/C(=C2\SC(C)=C(Cc3ccccc3)N2C)C(=O)N1Cc1ccccc1. The minimum atomic E-state index is -0.0628. The fraction of sp³-hybridized carbons (Fsp3) is 0.194. The first kappa shape index (κ1) is 26.7. The van der Waals surface area contributed by atoms with E-state index in [-0.39, 0.29) is 5.91 Å². The summed E-state index contributed by atoms with van der Waals surface area (Å²) in [6.45, 7) is 5.26. The monoisotopic (exact) mass is 551 g/mol. The van der Waals surface area contributed by atoms with E-state index in [4.69, 9.17) is 4.99 Å². The highest BCUT2D eigenvalue weighted by atomic mass is 32.2. The van der Waals surface area contributed by atoms with Crippen LogP contribution in [0.4, 0.5) is 11.4 Å². The van der Waals surface area contributed by atoms with Crippen molar-refractivity contribution < 1.29 is 4.79 Å². The predicted octanol–water partition coefficient (Wildman–Crippen LogP) is 7.08. The van der Waals surface area contributed by atoms with Crippen LogP contribution in [0.2, 0.25) is 0 Å². The smallest absolute Gasteiger partial charge is 0.269 e. The summed E-state index contributed by atoms with van der Waals surface area (Å²) in [5.74, 6) is -0.0628. The van der Waals surface area contributed by atoms with E-state index in [1.54, 1.807) is 28.8 Å². The molecule has 2 heterocycles. The van der Waals surface area contributed by atoms with Crippen LogP contribution in [0.5, 0.6) is 0 Å². The number of nitriles is 1. The Bertz CT molecular complexity index is 1520. The standard InChI is InChI=1S/C31H29N5OS2/c1-4-33-25-16-15-24(19-32)17-26(25)34-31-36(20-23-13-9-6-10-14-23)29(37)28(39-31)30-35(3)27(21(2)38-30)18-22-11-7-5-8-12-22/h5-17,33H,4,18,20H2,1-3H3/b30-28-,34-31?. The lowest BCUT2D eigenvalue weighted by molar-refractivity contribution is -0.122. The maximum Gasteiger partial charge on any atom is 0.269 e. The topological polar surface area (TPSA) is 71.7 Å². The van der Waals surface area contributed by atoms with Crippen molar-refractivity contribution in [2.75, 3.05) is 18.9 Å². The first-order valence-electron chi connectivity index (χ1n) is 12.8. The maximum atomic E-state index is 14.0. The molecule has 3 aromatic carbocycles. The fourth-order valence-electron chi connectivity index (χ4n) is 4.52. The minimum Gasteiger partial charge on any atom is -0.384 e. The normalized spacial score (nSPS) is 18.3. The Morgan fingerprint density at radius 1 is 0.974 bits per heavy atom. The molecule has 0 unspecified atom stereocenters. The van der Waals surface area contributed by atoms with Crippen LogP contribution < -0.4 is 5.32 Å². The largest absolute Gasteiger partial charge is 0.384 e. The zero-order valence-electron chi connectivity index (χ0n) is 22.1. The van der Waals surface area contributed by atoms with Gasteiger partial charge in [-0.25, -0.2) is 4.99 Å². The number of anilines is 1. The van der Waals surface area contributed by atoms with Gasteiger partial charge in [0, 0.05) is 30.6 Å². The van der Waals surface area contributed by atoms with E-state index in [9.17, 15) is 10.1 Å². The van der Waals surface area contributed by atoms with E-state index in [1.165, 1.54) is 27.9 Å². The Morgan fingerprint density at radius 2 is 1.67 bits per heavy atom. The molecule has 39 heavy (non-hydrogen) atoms. The average Bonchev–Trinajstić information content (AvgIpc) is 3.40. The summed E-state index contributed by atoms with van der Waals surface area (Å²) < 4.78 is 0. The van der Waals surface area contributed by atoms with Crippen LogP contribution in [0, 0.1) is 11.3 Å². The zero-order valence-corrected chi connectivity index (χ0v) is 23.8. The maximum absolute atomic E-state index is 14.0. The van der Waals surface area contributed by atoms with Gasteiger partial charge in [0.25, 0.3) is 5.91 Å². The highest BCUT2D eigenvalue weighted by molar-refractivity contribution is 8.19. The fourth-order valence-corrected chi connectivity index (χ4v) is 6.82. The second kappa shape index (κ2) is 11.9. The molecule has 2 aliphatic rings. The molecule has 0 atom stereocenters. The van der Waals surface area contributed by atoms with Crippen molar-refractivity contribution in [2.45, 2.75) is 26.8 Å². The van der Waals surface area contributed by atoms with E-state index in [0.29, 0.717) is 27.9 Å². The summed E-state index contributed by atoms with van der Waals surface area (Å²) in [6, 6.07) is 27.9. The summed E-state index contributed by atoms with van der Waals surface area (Å²) in [5, 5.41) is 14.3. The molecular formula is C31H29N5OS2. The second-order valence-electron chi connectivity index (χ2n) is 9.21. The molecule has 5 rings (SSSR count). The van der Waals surface area contributed by atoms with E-state index < -0.39 is 0 Å². The van der Waals surface area contributed by atoms with Gasteiger partial charge in [-0.3, -0.25) is 9.69 Å². The van der Waals surface area contributed by atoms with E-state index in [1.807, 2.05) is 56.4 Å². The zero-order chi connectivity index (χ0) is 27.4. The van der Waals surface area contributed by atoms with Gasteiger partial charge in [0.05, 0.1) is 34.6 Å². The van der Waals surface area contributed by atoms with Crippen molar-refractivity contribution in [1.29, 1.82) is 5.26 Å². The first-order chi connectivity index (χ1) is 19.0. The molecule has 1 fully saturated rings. The van der Waals surface area contributed by atoms with Crippen LogP contribution in [0.1, 0.15) is 30.5 Å². The Labute approximate surface area is 238 Å². The quantitative estimate of drug-likeness (QED) is 0.317. The number of carbonyl (C=O) groups excluding carboxylic acids is 1. The number of hydrogen-bond donors (Lipinski definition) is 1. The highest BCUT2D eigenvalue weighted by Gasteiger charge is 2.39. The third kappa shape index (κ3) is 5.75. The van der Waals surface area contributed by atoms with E-state index in [0.717, 1.165) is 29.2 Å². The number of benzene rings is 3. The van der Waals surface area contributed by atoms with Crippen LogP contribution in [-0.2, 0) is 17.8 Å². The molecular weight excluding hydrogens is 523 g/mol. The lowest BCUT2D eigenvalue weighted by atomic mass is 10.1. The molecule has 2 aliphatic heterocycles. The summed E-state index contributed by atoms with van der Waals surface area (Å²) in [6.07, 6.45) is 0.799.